The van der Waals surface area contributed by atoms with Gasteiger partial charge >= 0.3 is 0 Å². The maximum absolute atomic E-state index is 7.50. The van der Waals surface area contributed by atoms with E-state index < -0.39 is 5.41 Å². The Kier molecular flexibility index (Phi) is 8.29. The Hall–Kier alpha value is -6.96. The zero-order valence-corrected chi connectivity index (χ0v) is 34.0. The van der Waals surface area contributed by atoms with E-state index in [-0.39, 0.29) is 0 Å². The Morgan fingerprint density at radius 1 is 0.426 bits per heavy atom. The summed E-state index contributed by atoms with van der Waals surface area (Å²) in [7, 11) is 0. The molecule has 292 valence electrons. The number of rotatable bonds is 7. The molecule has 0 spiro atoms. The van der Waals surface area contributed by atoms with Crippen molar-refractivity contribution in [1.82, 2.24) is 15.0 Å². The van der Waals surface area contributed by atoms with Gasteiger partial charge in [-0.05, 0) is 118 Å². The second-order valence-electron chi connectivity index (χ2n) is 18.1. The maximum atomic E-state index is 7.50. The minimum absolute atomic E-state index is 0.336. The van der Waals surface area contributed by atoms with Crippen molar-refractivity contribution < 1.29 is 0 Å². The van der Waals surface area contributed by atoms with Crippen LogP contribution in [0, 0.1) is 24.3 Å². The molecule has 0 amide bonds. The third-order valence-corrected chi connectivity index (χ3v) is 14.6. The van der Waals surface area contributed by atoms with Gasteiger partial charge in [-0.1, -0.05) is 170 Å². The molecule has 1 aromatic heterocycles. The molecule has 1 unspecified atom stereocenters. The fraction of sp³-hybridized carbons (Fsp3) is 0.193. The standard InChI is InChI=1S/C57H44N4/c1-58-47-17-10-14-43(33-47)40-22-24-42(25-23-40)54-59-53(41-12-4-2-5-13-41)60-55(61-54)49-19-11-21-51-52(49)48-18-8-9-20-50(48)57(51,45-15-6-3-7-16-45)46-28-26-44(27-29-46)56-34-37-30-38(35-56)32-39(31-37)36-56/h2-29,33,37-39H,30-32,34-36H2. The highest BCUT2D eigenvalue weighted by Gasteiger charge is 2.52. The first kappa shape index (κ1) is 35.9. The van der Waals surface area contributed by atoms with Gasteiger partial charge in [-0.25, -0.2) is 19.8 Å². The van der Waals surface area contributed by atoms with Gasteiger partial charge in [0.1, 0.15) is 0 Å². The molecule has 61 heavy (non-hydrogen) atoms. The van der Waals surface area contributed by atoms with Crippen LogP contribution in [-0.4, -0.2) is 15.0 Å². The van der Waals surface area contributed by atoms with Crippen LogP contribution in [0.4, 0.5) is 5.69 Å². The average Bonchev–Trinajstić information content (AvgIpc) is 3.63. The van der Waals surface area contributed by atoms with E-state index in [0.717, 1.165) is 45.6 Å². The molecule has 4 saturated carbocycles. The summed E-state index contributed by atoms with van der Waals surface area (Å²) in [5.74, 6) is 4.60. The Labute approximate surface area is 357 Å². The lowest BCUT2D eigenvalue weighted by atomic mass is 9.48. The summed E-state index contributed by atoms with van der Waals surface area (Å²) in [6.45, 7) is 7.50. The Morgan fingerprint density at radius 2 is 0.934 bits per heavy atom. The first-order valence-electron chi connectivity index (χ1n) is 21.9. The minimum atomic E-state index is -0.540. The molecule has 4 heteroatoms. The molecular formula is C57H44N4. The van der Waals surface area contributed by atoms with Crippen molar-refractivity contribution in [3.05, 3.63) is 215 Å². The summed E-state index contributed by atoms with van der Waals surface area (Å²) in [4.78, 5) is 19.3. The molecular weight excluding hydrogens is 741 g/mol. The van der Waals surface area contributed by atoms with Crippen LogP contribution in [0.5, 0.6) is 0 Å². The lowest BCUT2D eigenvalue weighted by Gasteiger charge is -2.57. The first-order chi connectivity index (χ1) is 30.1. The molecule has 13 rings (SSSR count). The lowest BCUT2D eigenvalue weighted by Crippen LogP contribution is -2.48. The molecule has 4 fully saturated rings. The molecule has 0 radical (unpaired) electrons. The van der Waals surface area contributed by atoms with Crippen molar-refractivity contribution in [1.29, 1.82) is 0 Å². The van der Waals surface area contributed by atoms with Crippen molar-refractivity contribution in [3.63, 3.8) is 0 Å². The van der Waals surface area contributed by atoms with Crippen LogP contribution < -0.4 is 0 Å². The molecule has 5 aliphatic rings. The zero-order chi connectivity index (χ0) is 40.5. The number of hydrogen-bond acceptors (Lipinski definition) is 3. The molecule has 7 aromatic carbocycles. The Balaban J connectivity index is 1.03. The number of aromatic nitrogens is 3. The molecule has 1 atom stereocenters. The molecule has 8 aromatic rings. The van der Waals surface area contributed by atoms with Gasteiger partial charge in [-0.15, -0.1) is 0 Å². The second-order valence-corrected chi connectivity index (χ2v) is 18.1. The SMILES string of the molecule is [C-]#[N+]c1cccc(-c2ccc(-c3nc(-c4ccccc4)nc(-c4cccc5c4-c4ccccc4C5(c4ccccc4)c4ccc(C56CC7CC(CC(C7)C5)C6)cc4)n3)cc2)c1. The van der Waals surface area contributed by atoms with E-state index in [0.29, 0.717) is 28.6 Å². The van der Waals surface area contributed by atoms with E-state index in [9.17, 15) is 0 Å². The van der Waals surface area contributed by atoms with E-state index in [2.05, 4.69) is 138 Å². The molecule has 1 heterocycles. The van der Waals surface area contributed by atoms with Gasteiger partial charge < -0.3 is 0 Å². The third kappa shape index (κ3) is 5.75. The van der Waals surface area contributed by atoms with Gasteiger partial charge in [0.15, 0.2) is 23.2 Å². The van der Waals surface area contributed by atoms with Gasteiger partial charge in [0.25, 0.3) is 0 Å². The van der Waals surface area contributed by atoms with Crippen molar-refractivity contribution in [2.75, 3.05) is 0 Å². The van der Waals surface area contributed by atoms with Gasteiger partial charge in [-0.2, -0.15) is 0 Å². The number of fused-ring (bicyclic) bond motifs is 3. The highest BCUT2D eigenvalue weighted by Crippen LogP contribution is 2.62. The molecule has 0 aliphatic heterocycles. The number of benzene rings is 7. The summed E-state index contributed by atoms with van der Waals surface area (Å²) in [5, 5.41) is 0. The van der Waals surface area contributed by atoms with Crippen molar-refractivity contribution in [2.24, 2.45) is 17.8 Å². The van der Waals surface area contributed by atoms with Crippen molar-refractivity contribution >= 4 is 5.69 Å². The van der Waals surface area contributed by atoms with Gasteiger partial charge in [0, 0.05) is 16.7 Å². The lowest BCUT2D eigenvalue weighted by molar-refractivity contribution is -0.00519. The fourth-order valence-corrected chi connectivity index (χ4v) is 12.4. The van der Waals surface area contributed by atoms with Crippen LogP contribution in [0.3, 0.4) is 0 Å². The monoisotopic (exact) mass is 784 g/mol. The number of hydrogen-bond donors (Lipinski definition) is 0. The van der Waals surface area contributed by atoms with Crippen LogP contribution in [0.15, 0.2) is 176 Å². The smallest absolute Gasteiger partial charge is 0.187 e. The highest BCUT2D eigenvalue weighted by molar-refractivity contribution is 5.94. The predicted molar refractivity (Wildman–Crippen MR) is 245 cm³/mol. The van der Waals surface area contributed by atoms with Crippen molar-refractivity contribution in [2.45, 2.75) is 49.4 Å². The topological polar surface area (TPSA) is 43.0 Å². The van der Waals surface area contributed by atoms with Crippen LogP contribution in [0.1, 0.15) is 66.3 Å². The Morgan fingerprint density at radius 3 is 1.62 bits per heavy atom. The summed E-state index contributed by atoms with van der Waals surface area (Å²) < 4.78 is 0. The van der Waals surface area contributed by atoms with Crippen LogP contribution in [0.2, 0.25) is 0 Å². The largest absolute Gasteiger partial charge is 0.238 e. The third-order valence-electron chi connectivity index (χ3n) is 14.6. The maximum Gasteiger partial charge on any atom is 0.187 e. The van der Waals surface area contributed by atoms with Gasteiger partial charge in [0.05, 0.1) is 12.0 Å². The summed E-state index contributed by atoms with van der Waals surface area (Å²) in [6.07, 6.45) is 8.43. The zero-order valence-electron chi connectivity index (χ0n) is 34.0. The summed E-state index contributed by atoms with van der Waals surface area (Å²) >= 11 is 0. The van der Waals surface area contributed by atoms with E-state index in [1.807, 2.05) is 42.5 Å². The highest BCUT2D eigenvalue weighted by atomic mass is 15.0. The normalized spacial score (nSPS) is 23.0. The van der Waals surface area contributed by atoms with E-state index in [4.69, 9.17) is 21.5 Å². The summed E-state index contributed by atoms with van der Waals surface area (Å²) in [6, 6.07) is 63.0. The molecule has 0 saturated heterocycles. The van der Waals surface area contributed by atoms with E-state index in [1.165, 1.54) is 71.9 Å². The molecule has 0 N–H and O–H groups in total. The predicted octanol–water partition coefficient (Wildman–Crippen LogP) is 13.9. The summed E-state index contributed by atoms with van der Waals surface area (Å²) in [5.41, 5.74) is 14.3. The first-order valence-corrected chi connectivity index (χ1v) is 21.9. The molecule has 4 bridgehead atoms. The second kappa shape index (κ2) is 14.1. The van der Waals surface area contributed by atoms with Crippen LogP contribution >= 0.6 is 0 Å². The fourth-order valence-electron chi connectivity index (χ4n) is 12.4. The van der Waals surface area contributed by atoms with Gasteiger partial charge in [-0.3, -0.25) is 0 Å². The van der Waals surface area contributed by atoms with Crippen LogP contribution in [-0.2, 0) is 10.8 Å². The van der Waals surface area contributed by atoms with E-state index >= 15 is 0 Å². The van der Waals surface area contributed by atoms with E-state index in [1.54, 1.807) is 5.56 Å². The number of nitrogens with zero attached hydrogens (tertiary/aromatic N) is 4. The molecule has 4 nitrogen and oxygen atoms in total. The minimum Gasteiger partial charge on any atom is -0.238 e. The quantitative estimate of drug-likeness (QED) is 0.151. The van der Waals surface area contributed by atoms with Crippen LogP contribution in [0.25, 0.3) is 61.3 Å². The molecule has 5 aliphatic carbocycles. The van der Waals surface area contributed by atoms with Crippen molar-refractivity contribution in [3.8, 4) is 56.4 Å². The van der Waals surface area contributed by atoms with Gasteiger partial charge in [0.2, 0.25) is 0 Å². The Bertz CT molecular complexity index is 2970. The average molecular weight is 785 g/mol.